The lowest BCUT2D eigenvalue weighted by molar-refractivity contribution is 0.103. The zero-order valence-electron chi connectivity index (χ0n) is 12.4. The van der Waals surface area contributed by atoms with E-state index in [4.69, 9.17) is 5.73 Å². The van der Waals surface area contributed by atoms with Gasteiger partial charge in [-0.3, -0.25) is 4.79 Å². The fourth-order valence-corrected chi connectivity index (χ4v) is 2.42. The summed E-state index contributed by atoms with van der Waals surface area (Å²) < 4.78 is 0. The predicted octanol–water partition coefficient (Wildman–Crippen LogP) is 3.93. The smallest absolute Gasteiger partial charge is 0.193 e. The van der Waals surface area contributed by atoms with Gasteiger partial charge >= 0.3 is 0 Å². The van der Waals surface area contributed by atoms with Crippen LogP contribution in [-0.4, -0.2) is 5.78 Å². The van der Waals surface area contributed by atoms with E-state index in [9.17, 15) is 4.79 Å². The number of rotatable bonds is 4. The lowest BCUT2D eigenvalue weighted by Gasteiger charge is -2.09. The fourth-order valence-electron chi connectivity index (χ4n) is 2.42. The zero-order chi connectivity index (χ0) is 14.7. The van der Waals surface area contributed by atoms with E-state index in [1.54, 1.807) is 12.1 Å². The zero-order valence-corrected chi connectivity index (χ0v) is 12.4. The number of benzene rings is 2. The van der Waals surface area contributed by atoms with Crippen molar-refractivity contribution in [1.29, 1.82) is 0 Å². The van der Waals surface area contributed by atoms with Gasteiger partial charge in [0.2, 0.25) is 0 Å². The maximum atomic E-state index is 12.5. The highest BCUT2D eigenvalue weighted by atomic mass is 16.1. The molecule has 2 aromatic rings. The molecule has 0 aliphatic heterocycles. The number of nitrogens with two attached hydrogens (primary N) is 1. The Morgan fingerprint density at radius 3 is 2.15 bits per heavy atom. The molecule has 2 nitrogen and oxygen atoms in total. The van der Waals surface area contributed by atoms with Gasteiger partial charge < -0.3 is 5.73 Å². The van der Waals surface area contributed by atoms with Crippen LogP contribution in [0.1, 0.15) is 46.5 Å². The average Bonchev–Trinajstić information content (AvgIpc) is 2.48. The van der Waals surface area contributed by atoms with Crippen molar-refractivity contribution in [2.75, 3.05) is 5.73 Å². The van der Waals surface area contributed by atoms with Crippen molar-refractivity contribution in [2.45, 2.75) is 33.6 Å². The second kappa shape index (κ2) is 5.91. The first-order valence-corrected chi connectivity index (χ1v) is 7.09. The Balaban J connectivity index is 2.40. The molecule has 0 aliphatic rings. The Morgan fingerprint density at radius 2 is 1.55 bits per heavy atom. The molecular formula is C18H21NO. The van der Waals surface area contributed by atoms with E-state index in [0.717, 1.165) is 29.7 Å². The van der Waals surface area contributed by atoms with Gasteiger partial charge in [0.05, 0.1) is 0 Å². The van der Waals surface area contributed by atoms with Crippen LogP contribution in [0.15, 0.2) is 36.4 Å². The number of aryl methyl sites for hydroxylation is 3. The van der Waals surface area contributed by atoms with Crippen molar-refractivity contribution < 1.29 is 4.79 Å². The maximum absolute atomic E-state index is 12.5. The molecule has 0 aromatic heterocycles. The summed E-state index contributed by atoms with van der Waals surface area (Å²) in [7, 11) is 0. The van der Waals surface area contributed by atoms with E-state index in [1.807, 2.05) is 25.1 Å². The van der Waals surface area contributed by atoms with Crippen LogP contribution in [0.2, 0.25) is 0 Å². The predicted molar refractivity (Wildman–Crippen MR) is 84.2 cm³/mol. The van der Waals surface area contributed by atoms with Crippen LogP contribution < -0.4 is 5.73 Å². The molecule has 0 unspecified atom stereocenters. The van der Waals surface area contributed by atoms with Crippen molar-refractivity contribution in [2.24, 2.45) is 0 Å². The summed E-state index contributed by atoms with van der Waals surface area (Å²) in [5, 5.41) is 0. The van der Waals surface area contributed by atoms with Gasteiger partial charge in [-0.15, -0.1) is 0 Å². The Hall–Kier alpha value is -2.09. The molecule has 2 rings (SSSR count). The third kappa shape index (κ3) is 2.74. The van der Waals surface area contributed by atoms with E-state index in [-0.39, 0.29) is 5.78 Å². The third-order valence-electron chi connectivity index (χ3n) is 3.76. The summed E-state index contributed by atoms with van der Waals surface area (Å²) in [4.78, 5) is 12.5. The van der Waals surface area contributed by atoms with Crippen molar-refractivity contribution in [3.05, 3.63) is 64.2 Å². The minimum atomic E-state index is 0.0606. The monoisotopic (exact) mass is 267 g/mol. The quantitative estimate of drug-likeness (QED) is 0.673. The number of hydrogen-bond acceptors (Lipinski definition) is 2. The van der Waals surface area contributed by atoms with Gasteiger partial charge in [0.25, 0.3) is 0 Å². The molecule has 0 fully saturated rings. The molecule has 0 saturated heterocycles. The second-order valence-corrected chi connectivity index (χ2v) is 5.09. The molecule has 0 radical (unpaired) electrons. The first-order chi connectivity index (χ1) is 9.56. The molecule has 0 spiro atoms. The van der Waals surface area contributed by atoms with Crippen molar-refractivity contribution >= 4 is 11.5 Å². The summed E-state index contributed by atoms with van der Waals surface area (Å²) in [6.07, 6.45) is 1.95. The highest BCUT2D eigenvalue weighted by molar-refractivity contribution is 6.09. The number of anilines is 1. The molecule has 0 aliphatic carbocycles. The van der Waals surface area contributed by atoms with Crippen LogP contribution >= 0.6 is 0 Å². The lowest BCUT2D eigenvalue weighted by Crippen LogP contribution is -2.04. The van der Waals surface area contributed by atoms with Gasteiger partial charge in [-0.05, 0) is 60.7 Å². The molecule has 2 heteroatoms. The molecule has 2 N–H and O–H groups in total. The van der Waals surface area contributed by atoms with Gasteiger partial charge in [0.15, 0.2) is 5.78 Å². The van der Waals surface area contributed by atoms with Crippen LogP contribution in [0.4, 0.5) is 5.69 Å². The number of carbonyl (C=O) groups excluding carboxylic acids is 1. The number of carbonyl (C=O) groups is 1. The van der Waals surface area contributed by atoms with Crippen LogP contribution in [-0.2, 0) is 12.8 Å². The van der Waals surface area contributed by atoms with Gasteiger partial charge in [0, 0.05) is 16.8 Å². The Bertz CT molecular complexity index is 644. The maximum Gasteiger partial charge on any atom is 0.193 e. The van der Waals surface area contributed by atoms with Gasteiger partial charge in [-0.1, -0.05) is 26.0 Å². The highest BCUT2D eigenvalue weighted by Crippen LogP contribution is 2.19. The molecule has 0 heterocycles. The van der Waals surface area contributed by atoms with Gasteiger partial charge in [-0.2, -0.15) is 0 Å². The Morgan fingerprint density at radius 1 is 0.950 bits per heavy atom. The summed E-state index contributed by atoms with van der Waals surface area (Å²) in [5.41, 5.74) is 11.5. The van der Waals surface area contributed by atoms with Crippen molar-refractivity contribution in [3.8, 4) is 0 Å². The molecule has 0 atom stereocenters. The van der Waals surface area contributed by atoms with E-state index in [2.05, 4.69) is 19.9 Å². The van der Waals surface area contributed by atoms with Crippen LogP contribution in [0.5, 0.6) is 0 Å². The number of ketones is 1. The third-order valence-corrected chi connectivity index (χ3v) is 3.76. The molecule has 0 amide bonds. The van der Waals surface area contributed by atoms with Crippen LogP contribution in [0.3, 0.4) is 0 Å². The summed E-state index contributed by atoms with van der Waals surface area (Å²) in [6, 6.07) is 11.5. The number of hydrogen-bond donors (Lipinski definition) is 1. The summed E-state index contributed by atoms with van der Waals surface area (Å²) in [6.45, 7) is 6.18. The van der Waals surface area contributed by atoms with E-state index >= 15 is 0 Å². The number of nitrogen functional groups attached to an aromatic ring is 1. The van der Waals surface area contributed by atoms with Gasteiger partial charge in [0.1, 0.15) is 0 Å². The molecule has 104 valence electrons. The highest BCUT2D eigenvalue weighted by Gasteiger charge is 2.11. The minimum Gasteiger partial charge on any atom is -0.399 e. The van der Waals surface area contributed by atoms with E-state index in [1.165, 1.54) is 11.1 Å². The average molecular weight is 267 g/mol. The molecular weight excluding hydrogens is 246 g/mol. The molecule has 2 aromatic carbocycles. The van der Waals surface area contributed by atoms with Crippen molar-refractivity contribution in [1.82, 2.24) is 0 Å². The Kier molecular flexibility index (Phi) is 4.23. The van der Waals surface area contributed by atoms with E-state index < -0.39 is 0 Å². The SMILES string of the molecule is CCc1ccc(C(=O)c2ccc(N)c(C)c2)cc1CC. The lowest BCUT2D eigenvalue weighted by atomic mass is 9.95. The van der Waals surface area contributed by atoms with E-state index in [0.29, 0.717) is 5.56 Å². The largest absolute Gasteiger partial charge is 0.399 e. The van der Waals surface area contributed by atoms with Crippen molar-refractivity contribution in [3.63, 3.8) is 0 Å². The Labute approximate surface area is 120 Å². The normalized spacial score (nSPS) is 10.6. The molecule has 0 saturated carbocycles. The first-order valence-electron chi connectivity index (χ1n) is 7.09. The van der Waals surface area contributed by atoms with Crippen LogP contribution in [0, 0.1) is 6.92 Å². The van der Waals surface area contributed by atoms with Gasteiger partial charge in [-0.25, -0.2) is 0 Å². The fraction of sp³-hybridized carbons (Fsp3) is 0.278. The topological polar surface area (TPSA) is 43.1 Å². The molecule has 20 heavy (non-hydrogen) atoms. The summed E-state index contributed by atoms with van der Waals surface area (Å²) >= 11 is 0. The van der Waals surface area contributed by atoms with Crippen LogP contribution in [0.25, 0.3) is 0 Å². The first kappa shape index (κ1) is 14.3. The standard InChI is InChI=1S/C18H21NO/c1-4-13-6-7-16(11-14(13)5-2)18(20)15-8-9-17(19)12(3)10-15/h6-11H,4-5,19H2,1-3H3. The molecule has 0 bridgehead atoms. The second-order valence-electron chi connectivity index (χ2n) is 5.09. The summed E-state index contributed by atoms with van der Waals surface area (Å²) in [5.74, 6) is 0.0606. The minimum absolute atomic E-state index is 0.0606.